The molecule has 7 heteroatoms. The van der Waals surface area contributed by atoms with Crippen LogP contribution in [0, 0.1) is 0 Å². The van der Waals surface area contributed by atoms with Crippen LogP contribution in [0.25, 0.3) is 22.6 Å². The summed E-state index contributed by atoms with van der Waals surface area (Å²) in [6, 6.07) is 10.0. The van der Waals surface area contributed by atoms with Crippen molar-refractivity contribution in [1.29, 1.82) is 0 Å². The Labute approximate surface area is 173 Å². The standard InChI is InChI=1S/C23H22N2O5/c1-29-17-10-14(11-18(13-17)30-2)9-15-5-3-4-8-25-21(15)24-20-12-16(23(27)28)6-7-19(20)22(25)26/h6-7,9-13H,3-5,8H2,1-2H3,(H,27,28)/b15-9+. The van der Waals surface area contributed by atoms with Crippen molar-refractivity contribution in [2.75, 3.05) is 14.2 Å². The molecule has 0 atom stereocenters. The second kappa shape index (κ2) is 8.02. The molecule has 0 spiro atoms. The summed E-state index contributed by atoms with van der Waals surface area (Å²) >= 11 is 0. The van der Waals surface area contributed by atoms with Crippen LogP contribution in [0.3, 0.4) is 0 Å². The van der Waals surface area contributed by atoms with Crippen molar-refractivity contribution in [1.82, 2.24) is 9.55 Å². The number of allylic oxidation sites excluding steroid dienone is 1. The van der Waals surface area contributed by atoms with Gasteiger partial charge in [-0.1, -0.05) is 0 Å². The lowest BCUT2D eigenvalue weighted by Gasteiger charge is -2.13. The highest BCUT2D eigenvalue weighted by Gasteiger charge is 2.19. The van der Waals surface area contributed by atoms with Crippen molar-refractivity contribution in [3.8, 4) is 11.5 Å². The number of methoxy groups -OCH3 is 2. The Kier molecular flexibility index (Phi) is 5.27. The number of rotatable bonds is 4. The van der Waals surface area contributed by atoms with E-state index in [4.69, 9.17) is 14.5 Å². The van der Waals surface area contributed by atoms with Gasteiger partial charge in [0.2, 0.25) is 0 Å². The average Bonchev–Trinajstić information content (AvgIpc) is 2.95. The maximum atomic E-state index is 13.1. The van der Waals surface area contributed by atoms with Crippen LogP contribution in [0.2, 0.25) is 0 Å². The Morgan fingerprint density at radius 1 is 1.10 bits per heavy atom. The van der Waals surface area contributed by atoms with Gasteiger partial charge in [0, 0.05) is 12.6 Å². The zero-order valence-corrected chi connectivity index (χ0v) is 16.8. The fourth-order valence-electron chi connectivity index (χ4n) is 3.75. The number of aromatic carboxylic acids is 1. The number of benzene rings is 2. The molecular weight excluding hydrogens is 384 g/mol. The molecule has 0 saturated heterocycles. The second-order valence-corrected chi connectivity index (χ2v) is 7.20. The summed E-state index contributed by atoms with van der Waals surface area (Å²) in [5.41, 5.74) is 2.15. The normalized spacial score (nSPS) is 14.9. The summed E-state index contributed by atoms with van der Waals surface area (Å²) in [7, 11) is 3.19. The van der Waals surface area contributed by atoms with Crippen LogP contribution in [0.15, 0.2) is 41.2 Å². The summed E-state index contributed by atoms with van der Waals surface area (Å²) in [4.78, 5) is 29.2. The number of carbonyl (C=O) groups is 1. The molecule has 1 aromatic heterocycles. The van der Waals surface area contributed by atoms with E-state index in [0.29, 0.717) is 34.8 Å². The Morgan fingerprint density at radius 2 is 1.83 bits per heavy atom. The van der Waals surface area contributed by atoms with Crippen LogP contribution < -0.4 is 15.0 Å². The minimum absolute atomic E-state index is 0.107. The van der Waals surface area contributed by atoms with E-state index in [1.807, 2.05) is 18.2 Å². The molecule has 2 heterocycles. The number of carboxylic acids is 1. The molecule has 0 fully saturated rings. The van der Waals surface area contributed by atoms with E-state index >= 15 is 0 Å². The van der Waals surface area contributed by atoms with Crippen LogP contribution in [0.4, 0.5) is 0 Å². The van der Waals surface area contributed by atoms with E-state index in [0.717, 1.165) is 30.4 Å². The number of hydrogen-bond donors (Lipinski definition) is 1. The Bertz CT molecular complexity index is 1200. The fraction of sp³-hybridized carbons (Fsp3) is 0.261. The van der Waals surface area contributed by atoms with Gasteiger partial charge in [-0.25, -0.2) is 9.78 Å². The zero-order valence-electron chi connectivity index (χ0n) is 16.8. The lowest BCUT2D eigenvalue weighted by Crippen LogP contribution is -2.24. The molecule has 2 aromatic carbocycles. The quantitative estimate of drug-likeness (QED) is 0.708. The number of aromatic nitrogens is 2. The number of carboxylic acid groups (broad SMARTS) is 1. The minimum atomic E-state index is -1.05. The molecule has 0 amide bonds. The van der Waals surface area contributed by atoms with Crippen molar-refractivity contribution in [2.45, 2.75) is 25.8 Å². The maximum Gasteiger partial charge on any atom is 0.335 e. The molecule has 1 N–H and O–H groups in total. The van der Waals surface area contributed by atoms with Crippen molar-refractivity contribution < 1.29 is 19.4 Å². The molecule has 4 rings (SSSR count). The molecule has 0 radical (unpaired) electrons. The van der Waals surface area contributed by atoms with Gasteiger partial charge in [-0.2, -0.15) is 0 Å². The van der Waals surface area contributed by atoms with E-state index in [1.165, 1.54) is 12.1 Å². The SMILES string of the molecule is COc1cc(/C=C2\CCCCn3c2nc2cc(C(=O)O)ccc2c3=O)cc(OC)c1. The third-order valence-electron chi connectivity index (χ3n) is 5.28. The van der Waals surface area contributed by atoms with Crippen LogP contribution in [0.5, 0.6) is 11.5 Å². The second-order valence-electron chi connectivity index (χ2n) is 7.20. The van der Waals surface area contributed by atoms with Gasteiger partial charge in [0.05, 0.1) is 30.7 Å². The first-order valence-electron chi connectivity index (χ1n) is 9.72. The number of hydrogen-bond acceptors (Lipinski definition) is 5. The first-order chi connectivity index (χ1) is 14.5. The predicted octanol–water partition coefficient (Wildman–Crippen LogP) is 3.84. The first kappa shape index (κ1) is 19.7. The topological polar surface area (TPSA) is 90.7 Å². The smallest absolute Gasteiger partial charge is 0.335 e. The molecule has 0 saturated carbocycles. The van der Waals surface area contributed by atoms with Gasteiger partial charge >= 0.3 is 5.97 Å². The van der Waals surface area contributed by atoms with Gasteiger partial charge < -0.3 is 14.6 Å². The minimum Gasteiger partial charge on any atom is -0.497 e. The molecule has 1 aliphatic rings. The molecule has 0 unspecified atom stereocenters. The number of ether oxygens (including phenoxy) is 2. The summed E-state index contributed by atoms with van der Waals surface area (Å²) in [5, 5.41) is 9.72. The highest BCUT2D eigenvalue weighted by Crippen LogP contribution is 2.30. The molecule has 0 bridgehead atoms. The van der Waals surface area contributed by atoms with Crippen LogP contribution in [-0.4, -0.2) is 34.8 Å². The lowest BCUT2D eigenvalue weighted by molar-refractivity contribution is 0.0697. The van der Waals surface area contributed by atoms with Gasteiger partial charge in [-0.05, 0) is 66.8 Å². The fourth-order valence-corrected chi connectivity index (χ4v) is 3.75. The third-order valence-corrected chi connectivity index (χ3v) is 5.28. The summed E-state index contributed by atoms with van der Waals surface area (Å²) in [6.45, 7) is 0.580. The van der Waals surface area contributed by atoms with Gasteiger partial charge in [0.1, 0.15) is 17.3 Å². The van der Waals surface area contributed by atoms with Gasteiger partial charge in [-0.15, -0.1) is 0 Å². The van der Waals surface area contributed by atoms with Crippen molar-refractivity contribution in [3.63, 3.8) is 0 Å². The predicted molar refractivity (Wildman–Crippen MR) is 114 cm³/mol. The molecule has 1 aliphatic heterocycles. The molecule has 3 aromatic rings. The molecular formula is C23H22N2O5. The van der Waals surface area contributed by atoms with E-state index in [1.54, 1.807) is 30.9 Å². The van der Waals surface area contributed by atoms with E-state index < -0.39 is 5.97 Å². The van der Waals surface area contributed by atoms with Crippen molar-refractivity contribution in [2.24, 2.45) is 0 Å². The number of nitrogens with zero attached hydrogens (tertiary/aromatic N) is 2. The molecule has 30 heavy (non-hydrogen) atoms. The lowest BCUT2D eigenvalue weighted by atomic mass is 10.0. The van der Waals surface area contributed by atoms with Gasteiger partial charge in [-0.3, -0.25) is 9.36 Å². The highest BCUT2D eigenvalue weighted by atomic mass is 16.5. The highest BCUT2D eigenvalue weighted by molar-refractivity contribution is 5.93. The molecule has 154 valence electrons. The Balaban J connectivity index is 1.92. The Hall–Kier alpha value is -3.61. The summed E-state index contributed by atoms with van der Waals surface area (Å²) in [6.07, 6.45) is 4.54. The summed E-state index contributed by atoms with van der Waals surface area (Å²) in [5.74, 6) is 0.872. The first-order valence-corrected chi connectivity index (χ1v) is 9.72. The van der Waals surface area contributed by atoms with E-state index in [-0.39, 0.29) is 11.1 Å². The van der Waals surface area contributed by atoms with Crippen LogP contribution in [-0.2, 0) is 6.54 Å². The number of fused-ring (bicyclic) bond motifs is 2. The van der Waals surface area contributed by atoms with Crippen LogP contribution in [0.1, 0.15) is 41.0 Å². The third kappa shape index (κ3) is 3.66. The molecule has 0 aliphatic carbocycles. The van der Waals surface area contributed by atoms with E-state index in [2.05, 4.69) is 0 Å². The average molecular weight is 406 g/mol. The molecule has 7 nitrogen and oxygen atoms in total. The largest absolute Gasteiger partial charge is 0.497 e. The van der Waals surface area contributed by atoms with Crippen molar-refractivity contribution in [3.05, 3.63) is 63.7 Å². The van der Waals surface area contributed by atoms with Gasteiger partial charge in [0.25, 0.3) is 5.56 Å². The van der Waals surface area contributed by atoms with Crippen molar-refractivity contribution >= 4 is 28.5 Å². The zero-order chi connectivity index (χ0) is 21.3. The van der Waals surface area contributed by atoms with Crippen LogP contribution >= 0.6 is 0 Å². The Morgan fingerprint density at radius 3 is 2.50 bits per heavy atom. The monoisotopic (exact) mass is 406 g/mol. The van der Waals surface area contributed by atoms with Gasteiger partial charge in [0.15, 0.2) is 0 Å². The van der Waals surface area contributed by atoms with E-state index in [9.17, 15) is 14.7 Å². The summed E-state index contributed by atoms with van der Waals surface area (Å²) < 4.78 is 12.4. The maximum absolute atomic E-state index is 13.1.